The number of carbonyl (C=O) groups is 1. The molecule has 5 nitrogen and oxygen atoms in total. The first-order valence-electron chi connectivity index (χ1n) is 14.4. The molecule has 1 heterocycles. The van der Waals surface area contributed by atoms with Crippen molar-refractivity contribution < 1.29 is 18.8 Å². The molecule has 0 aliphatic rings. The molecule has 0 bridgehead atoms. The minimum absolute atomic E-state index is 0.0359. The topological polar surface area (TPSA) is 55.7 Å². The van der Waals surface area contributed by atoms with Crippen LogP contribution in [0.25, 0.3) is 0 Å². The highest BCUT2D eigenvalue weighted by atomic mass is 16.5. The van der Waals surface area contributed by atoms with E-state index in [4.69, 9.17) is 9.26 Å². The maximum absolute atomic E-state index is 12.3. The van der Waals surface area contributed by atoms with Crippen LogP contribution in [0.1, 0.15) is 121 Å². The van der Waals surface area contributed by atoms with Gasteiger partial charge in [0, 0.05) is 5.56 Å². The van der Waals surface area contributed by atoms with E-state index in [0.717, 1.165) is 18.4 Å². The molecule has 5 heteroatoms. The molecule has 0 fully saturated rings. The van der Waals surface area contributed by atoms with Crippen LogP contribution in [0, 0.1) is 6.92 Å². The molecule has 0 atom stereocenters. The molecule has 0 aliphatic carbocycles. The second kappa shape index (κ2) is 19.7. The Kier molecular flexibility index (Phi) is 16.3. The highest BCUT2D eigenvalue weighted by Crippen LogP contribution is 2.14. The lowest BCUT2D eigenvalue weighted by Crippen LogP contribution is -2.37. The van der Waals surface area contributed by atoms with Crippen LogP contribution in [-0.2, 0) is 16.1 Å². The number of benzene rings is 1. The van der Waals surface area contributed by atoms with E-state index < -0.39 is 0 Å². The van der Waals surface area contributed by atoms with Crippen molar-refractivity contribution in [2.75, 3.05) is 6.61 Å². The van der Waals surface area contributed by atoms with Gasteiger partial charge in [-0.25, -0.2) is 4.79 Å². The molecule has 2 rings (SSSR count). The van der Waals surface area contributed by atoms with Gasteiger partial charge in [0.1, 0.15) is 6.21 Å². The summed E-state index contributed by atoms with van der Waals surface area (Å²) in [5.41, 5.74) is 0.994. The number of hydrogen-bond donors (Lipinski definition) is 0. The number of hydrogen-bond acceptors (Lipinski definition) is 4. The maximum Gasteiger partial charge on any atom is 0.361 e. The number of unbranched alkanes of at least 4 members (excludes halogenated alkanes) is 15. The Labute approximate surface area is 219 Å². The van der Waals surface area contributed by atoms with E-state index in [1.54, 1.807) is 6.21 Å². The van der Waals surface area contributed by atoms with Gasteiger partial charge in [0.25, 0.3) is 0 Å². The zero-order valence-corrected chi connectivity index (χ0v) is 22.9. The van der Waals surface area contributed by atoms with E-state index in [2.05, 4.69) is 11.9 Å². The summed E-state index contributed by atoms with van der Waals surface area (Å²) in [6.07, 6.45) is 23.1. The fraction of sp³-hybridized carbons (Fsp3) is 0.645. The molecule has 2 aromatic rings. The molecule has 0 radical (unpaired) electrons. The normalized spacial score (nSPS) is 11.4. The molecule has 1 aromatic heterocycles. The molecule has 0 unspecified atom stereocenters. The molecular weight excluding hydrogens is 448 g/mol. The third kappa shape index (κ3) is 14.2. The van der Waals surface area contributed by atoms with Crippen molar-refractivity contribution in [3.8, 4) is 0 Å². The average Bonchev–Trinajstić information content (AvgIpc) is 3.23. The zero-order valence-electron chi connectivity index (χ0n) is 22.9. The van der Waals surface area contributed by atoms with E-state index in [9.17, 15) is 4.79 Å². The van der Waals surface area contributed by atoms with Gasteiger partial charge >= 0.3 is 11.8 Å². The minimum Gasteiger partial charge on any atom is -0.463 e. The SMILES string of the molecule is CCCCCCCCCCCCCCCCCCOC(=O)C[n+]1oc(C)cc1N=Cc1ccccc1. The number of aryl methyl sites for hydroxylation is 1. The van der Waals surface area contributed by atoms with Gasteiger partial charge < -0.3 is 9.26 Å². The Morgan fingerprint density at radius 3 is 1.92 bits per heavy atom. The molecule has 0 amide bonds. The summed E-state index contributed by atoms with van der Waals surface area (Å²) in [4.78, 5) is 16.7. The molecule has 36 heavy (non-hydrogen) atoms. The van der Waals surface area contributed by atoms with Gasteiger partial charge in [0.05, 0.1) is 12.7 Å². The lowest BCUT2D eigenvalue weighted by molar-refractivity contribution is -0.845. The predicted octanol–water partition coefficient (Wildman–Crippen LogP) is 8.43. The molecule has 0 spiro atoms. The van der Waals surface area contributed by atoms with E-state index in [0.29, 0.717) is 18.2 Å². The molecule has 0 saturated carbocycles. The number of ether oxygens (including phenoxy) is 1. The van der Waals surface area contributed by atoms with Crippen LogP contribution >= 0.6 is 0 Å². The van der Waals surface area contributed by atoms with Crippen molar-refractivity contribution in [2.24, 2.45) is 4.99 Å². The Morgan fingerprint density at radius 1 is 0.833 bits per heavy atom. The Bertz CT molecular complexity index is 845. The zero-order chi connectivity index (χ0) is 25.7. The fourth-order valence-corrected chi connectivity index (χ4v) is 4.39. The van der Waals surface area contributed by atoms with Crippen molar-refractivity contribution in [2.45, 2.75) is 123 Å². The smallest absolute Gasteiger partial charge is 0.361 e. The summed E-state index contributed by atoms with van der Waals surface area (Å²) in [6.45, 7) is 4.63. The lowest BCUT2D eigenvalue weighted by Gasteiger charge is -2.04. The minimum atomic E-state index is -0.286. The quantitative estimate of drug-likeness (QED) is 0.0752. The Morgan fingerprint density at radius 2 is 1.36 bits per heavy atom. The maximum atomic E-state index is 12.3. The predicted molar refractivity (Wildman–Crippen MR) is 148 cm³/mol. The first-order chi connectivity index (χ1) is 17.7. The van der Waals surface area contributed by atoms with Gasteiger partial charge in [-0.1, -0.05) is 138 Å². The molecular formula is C31H49N2O3+. The van der Waals surface area contributed by atoms with Gasteiger partial charge in [-0.2, -0.15) is 0 Å². The summed E-state index contributed by atoms with van der Waals surface area (Å²) in [6, 6.07) is 11.7. The Balaban J connectivity index is 1.44. The van der Waals surface area contributed by atoms with Crippen LogP contribution in [0.4, 0.5) is 5.82 Å². The second-order valence-corrected chi connectivity index (χ2v) is 9.93. The number of aromatic nitrogens is 1. The average molecular weight is 498 g/mol. The van der Waals surface area contributed by atoms with E-state index in [-0.39, 0.29) is 12.5 Å². The molecule has 0 N–H and O–H groups in total. The van der Waals surface area contributed by atoms with E-state index in [1.807, 2.05) is 43.3 Å². The van der Waals surface area contributed by atoms with Gasteiger partial charge in [0.2, 0.25) is 6.54 Å². The second-order valence-electron chi connectivity index (χ2n) is 9.93. The van der Waals surface area contributed by atoms with Crippen molar-refractivity contribution in [3.05, 3.63) is 47.7 Å². The van der Waals surface area contributed by atoms with Crippen LogP contribution in [0.15, 0.2) is 45.9 Å². The van der Waals surface area contributed by atoms with Crippen molar-refractivity contribution in [3.63, 3.8) is 0 Å². The van der Waals surface area contributed by atoms with Gasteiger partial charge in [-0.15, -0.1) is 0 Å². The largest absolute Gasteiger partial charge is 0.463 e. The molecule has 0 aliphatic heterocycles. The van der Waals surface area contributed by atoms with Gasteiger partial charge in [-0.05, 0) is 18.3 Å². The van der Waals surface area contributed by atoms with Gasteiger partial charge in [0.15, 0.2) is 5.76 Å². The molecule has 1 aromatic carbocycles. The number of carbonyl (C=O) groups excluding carboxylic acids is 1. The van der Waals surface area contributed by atoms with Crippen LogP contribution < -0.4 is 4.74 Å². The first kappa shape index (κ1) is 29.8. The van der Waals surface area contributed by atoms with E-state index >= 15 is 0 Å². The van der Waals surface area contributed by atoms with Crippen LogP contribution in [0.3, 0.4) is 0 Å². The summed E-state index contributed by atoms with van der Waals surface area (Å²) in [7, 11) is 0. The van der Waals surface area contributed by atoms with Crippen molar-refractivity contribution >= 4 is 18.0 Å². The van der Waals surface area contributed by atoms with Crippen molar-refractivity contribution in [1.82, 2.24) is 0 Å². The standard InChI is InChI=1S/C31H49N2O3/c1-3-4-5-6-7-8-9-10-11-12-13-14-15-16-17-21-24-35-31(34)27-33-30(25-28(2)36-33)32-26-29-22-19-18-20-23-29/h18-20,22-23,25-26H,3-17,21,24,27H2,1-2H3/q+1. The third-order valence-corrected chi connectivity index (χ3v) is 6.52. The summed E-state index contributed by atoms with van der Waals surface area (Å²) < 4.78 is 12.5. The van der Waals surface area contributed by atoms with E-state index in [1.165, 1.54) is 94.6 Å². The van der Waals surface area contributed by atoms with Crippen LogP contribution in [0.2, 0.25) is 0 Å². The van der Waals surface area contributed by atoms with Gasteiger partial charge in [-0.3, -0.25) is 0 Å². The third-order valence-electron chi connectivity index (χ3n) is 6.52. The number of esters is 1. The summed E-state index contributed by atoms with van der Waals surface area (Å²) >= 11 is 0. The lowest BCUT2D eigenvalue weighted by atomic mass is 10.0. The number of nitrogens with zero attached hydrogens (tertiary/aromatic N) is 2. The summed E-state index contributed by atoms with van der Waals surface area (Å²) in [5, 5.41) is 0. The first-order valence-corrected chi connectivity index (χ1v) is 14.4. The molecule has 0 saturated heterocycles. The highest BCUT2D eigenvalue weighted by molar-refractivity contribution is 5.81. The van der Waals surface area contributed by atoms with Crippen LogP contribution in [0.5, 0.6) is 0 Å². The Hall–Kier alpha value is -2.43. The fourth-order valence-electron chi connectivity index (χ4n) is 4.39. The molecule has 200 valence electrons. The van der Waals surface area contributed by atoms with Crippen LogP contribution in [-0.4, -0.2) is 18.8 Å². The van der Waals surface area contributed by atoms with Crippen molar-refractivity contribution in [1.29, 1.82) is 0 Å². The highest BCUT2D eigenvalue weighted by Gasteiger charge is 2.19. The monoisotopic (exact) mass is 497 g/mol. The summed E-state index contributed by atoms with van der Waals surface area (Å²) in [5.74, 6) is 1.03. The number of aliphatic imine (C=N–C) groups is 1. The number of rotatable bonds is 21.